The summed E-state index contributed by atoms with van der Waals surface area (Å²) < 4.78 is 0. The summed E-state index contributed by atoms with van der Waals surface area (Å²) in [5.41, 5.74) is 1.62. The smallest absolute Gasteiger partial charge is 0.251 e. The van der Waals surface area contributed by atoms with Crippen molar-refractivity contribution in [3.05, 3.63) is 65.7 Å². The first-order chi connectivity index (χ1) is 15.5. The van der Waals surface area contributed by atoms with E-state index in [1.165, 1.54) is 19.3 Å². The van der Waals surface area contributed by atoms with Gasteiger partial charge >= 0.3 is 0 Å². The van der Waals surface area contributed by atoms with E-state index in [4.69, 9.17) is 0 Å². The number of nitrogens with one attached hydrogen (secondary N) is 1. The summed E-state index contributed by atoms with van der Waals surface area (Å²) in [6.45, 7) is 9.20. The molecule has 32 heavy (non-hydrogen) atoms. The van der Waals surface area contributed by atoms with Crippen molar-refractivity contribution in [1.29, 1.82) is 0 Å². The molecule has 1 amide bonds. The summed E-state index contributed by atoms with van der Waals surface area (Å²) in [4.78, 5) is 16.6. The lowest BCUT2D eigenvalue weighted by atomic mass is 9.84. The van der Waals surface area contributed by atoms with Crippen LogP contribution in [0.1, 0.15) is 49.0 Å². The molecule has 2 aromatic rings. The normalized spacial score (nSPS) is 21.1. The summed E-state index contributed by atoms with van der Waals surface area (Å²) in [5, 5.41) is 14.4. The molecule has 1 heterocycles. The Hall–Kier alpha value is -1.82. The van der Waals surface area contributed by atoms with E-state index in [0.29, 0.717) is 23.8 Å². The highest BCUT2D eigenvalue weighted by molar-refractivity contribution is 7.99. The number of hydrogen-bond donors (Lipinski definition) is 2. The Morgan fingerprint density at radius 2 is 1.91 bits per heavy atom. The zero-order valence-corrected chi connectivity index (χ0v) is 20.5. The summed E-state index contributed by atoms with van der Waals surface area (Å²) in [5.74, 6) is 1.95. The number of aliphatic hydroxyl groups excluding tert-OH is 1. The fourth-order valence-electron chi connectivity index (χ4n) is 4.55. The molecule has 1 aliphatic rings. The number of β-amino-alcohol motifs (C(OH)–C–C–N with tert-alkyl or cyclic N) is 1. The number of hydrogen-bond acceptors (Lipinski definition) is 4. The third-order valence-corrected chi connectivity index (χ3v) is 7.78. The van der Waals surface area contributed by atoms with Gasteiger partial charge in [0.05, 0.1) is 12.1 Å². The van der Waals surface area contributed by atoms with Crippen LogP contribution in [0.4, 0.5) is 0 Å². The number of aliphatic hydroxyl groups is 1. The van der Waals surface area contributed by atoms with Gasteiger partial charge in [-0.25, -0.2) is 0 Å². The summed E-state index contributed by atoms with van der Waals surface area (Å²) in [6.07, 6.45) is 3.00. The highest BCUT2D eigenvalue weighted by Crippen LogP contribution is 2.27. The fourth-order valence-corrected chi connectivity index (χ4v) is 5.58. The number of benzene rings is 2. The second-order valence-electron chi connectivity index (χ2n) is 9.16. The number of thioether (sulfide) groups is 1. The van der Waals surface area contributed by atoms with Crippen molar-refractivity contribution in [2.75, 3.05) is 25.4 Å². The van der Waals surface area contributed by atoms with Crippen LogP contribution in [0, 0.1) is 18.8 Å². The van der Waals surface area contributed by atoms with Crippen LogP contribution < -0.4 is 5.32 Å². The van der Waals surface area contributed by atoms with E-state index >= 15 is 0 Å². The molecule has 2 aromatic carbocycles. The van der Waals surface area contributed by atoms with E-state index < -0.39 is 6.10 Å². The van der Waals surface area contributed by atoms with Crippen LogP contribution in [0.5, 0.6) is 0 Å². The minimum Gasteiger partial charge on any atom is -0.390 e. The lowest BCUT2D eigenvalue weighted by Gasteiger charge is -2.39. The minimum absolute atomic E-state index is 0.114. The number of amides is 1. The number of likely N-dealkylation sites (tertiary alicyclic amines) is 1. The molecule has 0 aliphatic carbocycles. The van der Waals surface area contributed by atoms with Gasteiger partial charge in [0, 0.05) is 29.3 Å². The summed E-state index contributed by atoms with van der Waals surface area (Å²) in [6, 6.07) is 17.5. The average molecular weight is 455 g/mol. The molecule has 1 fully saturated rings. The molecule has 174 valence electrons. The Kier molecular flexibility index (Phi) is 9.64. The van der Waals surface area contributed by atoms with Crippen LogP contribution in [0.3, 0.4) is 0 Å². The van der Waals surface area contributed by atoms with Gasteiger partial charge in [0.2, 0.25) is 0 Å². The predicted octanol–water partition coefficient (Wildman–Crippen LogP) is 5.00. The number of carbonyl (C=O) groups excluding carboxylic acids is 1. The number of rotatable bonds is 10. The molecule has 3 rings (SSSR count). The topological polar surface area (TPSA) is 52.6 Å². The van der Waals surface area contributed by atoms with Gasteiger partial charge < -0.3 is 15.3 Å². The Morgan fingerprint density at radius 3 is 2.62 bits per heavy atom. The SMILES string of the molecule is CCCC1CN(C[C@@H](O)[C@H](CSc2ccccc2)NC(=O)c2ccccc2C)CCC1C. The molecule has 4 nitrogen and oxygen atoms in total. The lowest BCUT2D eigenvalue weighted by Crippen LogP contribution is -2.52. The molecular weight excluding hydrogens is 416 g/mol. The van der Waals surface area contributed by atoms with Crippen molar-refractivity contribution < 1.29 is 9.90 Å². The van der Waals surface area contributed by atoms with Crippen molar-refractivity contribution in [1.82, 2.24) is 10.2 Å². The van der Waals surface area contributed by atoms with E-state index in [1.807, 2.05) is 49.4 Å². The van der Waals surface area contributed by atoms with E-state index in [-0.39, 0.29) is 11.9 Å². The van der Waals surface area contributed by atoms with Crippen LogP contribution in [0.25, 0.3) is 0 Å². The van der Waals surface area contributed by atoms with E-state index in [9.17, 15) is 9.90 Å². The minimum atomic E-state index is -0.616. The van der Waals surface area contributed by atoms with Gasteiger partial charge in [0.15, 0.2) is 0 Å². The first-order valence-electron chi connectivity index (χ1n) is 11.9. The molecule has 2 unspecified atom stereocenters. The molecule has 0 radical (unpaired) electrons. The monoisotopic (exact) mass is 454 g/mol. The van der Waals surface area contributed by atoms with Gasteiger partial charge in [-0.05, 0) is 61.9 Å². The molecule has 4 atom stereocenters. The Morgan fingerprint density at radius 1 is 1.19 bits per heavy atom. The summed E-state index contributed by atoms with van der Waals surface area (Å²) in [7, 11) is 0. The van der Waals surface area contributed by atoms with Crippen LogP contribution in [-0.4, -0.2) is 53.4 Å². The second kappa shape index (κ2) is 12.4. The van der Waals surface area contributed by atoms with Crippen LogP contribution >= 0.6 is 11.8 Å². The van der Waals surface area contributed by atoms with Gasteiger partial charge in [0.25, 0.3) is 5.91 Å². The van der Waals surface area contributed by atoms with Gasteiger partial charge in [-0.15, -0.1) is 11.8 Å². The maximum Gasteiger partial charge on any atom is 0.251 e. The number of carbonyl (C=O) groups is 1. The number of nitrogens with zero attached hydrogens (tertiary/aromatic N) is 1. The van der Waals surface area contributed by atoms with E-state index in [1.54, 1.807) is 11.8 Å². The maximum absolute atomic E-state index is 13.0. The first kappa shape index (κ1) is 24.8. The van der Waals surface area contributed by atoms with Crippen molar-refractivity contribution >= 4 is 17.7 Å². The highest BCUT2D eigenvalue weighted by Gasteiger charge is 2.30. The standard InChI is InChI=1S/C27H38N2O2S/c1-4-10-22-17-29(16-15-20(22)2)18-26(30)25(19-32-23-12-6-5-7-13-23)28-27(31)24-14-9-8-11-21(24)3/h5-9,11-14,20,22,25-26,30H,4,10,15-19H2,1-3H3,(H,28,31)/t20?,22?,25-,26+/m0/s1. The van der Waals surface area contributed by atoms with Crippen molar-refractivity contribution in [2.45, 2.75) is 57.1 Å². The van der Waals surface area contributed by atoms with E-state index in [0.717, 1.165) is 29.5 Å². The third kappa shape index (κ3) is 7.09. The Bertz CT molecular complexity index is 845. The third-order valence-electron chi connectivity index (χ3n) is 6.65. The molecule has 0 saturated carbocycles. The molecule has 5 heteroatoms. The van der Waals surface area contributed by atoms with Crippen LogP contribution in [-0.2, 0) is 0 Å². The zero-order valence-electron chi connectivity index (χ0n) is 19.7. The van der Waals surface area contributed by atoms with E-state index in [2.05, 4.69) is 36.2 Å². The molecule has 0 bridgehead atoms. The molecule has 2 N–H and O–H groups in total. The second-order valence-corrected chi connectivity index (χ2v) is 10.3. The lowest BCUT2D eigenvalue weighted by molar-refractivity contribution is 0.0464. The molecule has 0 spiro atoms. The van der Waals surface area contributed by atoms with Crippen molar-refractivity contribution in [2.24, 2.45) is 11.8 Å². The van der Waals surface area contributed by atoms with Gasteiger partial charge in [0.1, 0.15) is 0 Å². The first-order valence-corrected chi connectivity index (χ1v) is 12.9. The molecule has 1 saturated heterocycles. The quantitative estimate of drug-likeness (QED) is 0.496. The van der Waals surface area contributed by atoms with Gasteiger partial charge in [-0.2, -0.15) is 0 Å². The molecule has 1 aliphatic heterocycles. The van der Waals surface area contributed by atoms with Crippen LogP contribution in [0.2, 0.25) is 0 Å². The van der Waals surface area contributed by atoms with Gasteiger partial charge in [-0.3, -0.25) is 4.79 Å². The number of aryl methyl sites for hydroxylation is 1. The maximum atomic E-state index is 13.0. The van der Waals surface area contributed by atoms with Crippen molar-refractivity contribution in [3.8, 4) is 0 Å². The number of piperidine rings is 1. The Balaban J connectivity index is 1.67. The highest BCUT2D eigenvalue weighted by atomic mass is 32.2. The van der Waals surface area contributed by atoms with Crippen LogP contribution in [0.15, 0.2) is 59.5 Å². The predicted molar refractivity (Wildman–Crippen MR) is 134 cm³/mol. The largest absolute Gasteiger partial charge is 0.390 e. The molecule has 0 aromatic heterocycles. The zero-order chi connectivity index (χ0) is 22.9. The van der Waals surface area contributed by atoms with Crippen molar-refractivity contribution in [3.63, 3.8) is 0 Å². The summed E-state index contributed by atoms with van der Waals surface area (Å²) >= 11 is 1.68. The average Bonchev–Trinajstić information content (AvgIpc) is 2.79. The molecular formula is C27H38N2O2S. The Labute approximate surface area is 197 Å². The fraction of sp³-hybridized carbons (Fsp3) is 0.519. The van der Waals surface area contributed by atoms with Gasteiger partial charge in [-0.1, -0.05) is 56.7 Å².